The number of carbonyl (C=O) groups is 2. The maximum atomic E-state index is 12.5. The third-order valence-corrected chi connectivity index (χ3v) is 4.52. The number of hydrogen-bond acceptors (Lipinski definition) is 6. The highest BCUT2D eigenvalue weighted by atomic mass is 16.5. The van der Waals surface area contributed by atoms with Gasteiger partial charge in [0.1, 0.15) is 28.9 Å². The zero-order valence-electron chi connectivity index (χ0n) is 14.6. The van der Waals surface area contributed by atoms with E-state index in [0.29, 0.717) is 35.7 Å². The molecule has 0 spiro atoms. The number of methoxy groups -OCH3 is 4. The summed E-state index contributed by atoms with van der Waals surface area (Å²) < 4.78 is 21.2. The van der Waals surface area contributed by atoms with Crippen LogP contribution >= 0.6 is 0 Å². The van der Waals surface area contributed by atoms with Gasteiger partial charge in [-0.2, -0.15) is 0 Å². The second-order valence-corrected chi connectivity index (χ2v) is 5.77. The highest BCUT2D eigenvalue weighted by molar-refractivity contribution is 6.00. The molecule has 24 heavy (non-hydrogen) atoms. The Balaban J connectivity index is 2.60. The van der Waals surface area contributed by atoms with Gasteiger partial charge >= 0.3 is 5.97 Å². The fraction of sp³-hybridized carbons (Fsp3) is 0.556. The lowest BCUT2D eigenvalue weighted by atomic mass is 9.80. The Kier molecular flexibility index (Phi) is 6.06. The van der Waals surface area contributed by atoms with E-state index in [9.17, 15) is 9.59 Å². The molecule has 1 aliphatic carbocycles. The molecule has 0 radical (unpaired) electrons. The van der Waals surface area contributed by atoms with Crippen LogP contribution in [0.25, 0.3) is 0 Å². The number of esters is 1. The van der Waals surface area contributed by atoms with Crippen molar-refractivity contribution in [3.05, 3.63) is 17.7 Å². The number of ketones is 1. The molecule has 0 N–H and O–H groups in total. The fourth-order valence-electron chi connectivity index (χ4n) is 3.34. The lowest BCUT2D eigenvalue weighted by Gasteiger charge is -2.26. The van der Waals surface area contributed by atoms with Gasteiger partial charge < -0.3 is 18.9 Å². The average Bonchev–Trinajstić information content (AvgIpc) is 2.80. The first-order chi connectivity index (χ1) is 11.6. The highest BCUT2D eigenvalue weighted by Crippen LogP contribution is 2.46. The molecule has 0 aromatic heterocycles. The number of Topliss-reactive ketones (excluding diaryl/α,β-unsaturated/α-hetero) is 1. The van der Waals surface area contributed by atoms with E-state index in [1.165, 1.54) is 7.11 Å². The smallest absolute Gasteiger partial charge is 0.316 e. The third kappa shape index (κ3) is 3.47. The number of benzene rings is 1. The van der Waals surface area contributed by atoms with Gasteiger partial charge in [-0.05, 0) is 12.8 Å². The molecule has 0 amide bonds. The Morgan fingerprint density at radius 1 is 1.00 bits per heavy atom. The Labute approximate surface area is 142 Å². The first kappa shape index (κ1) is 18.1. The molecule has 1 fully saturated rings. The molecule has 6 nitrogen and oxygen atoms in total. The van der Waals surface area contributed by atoms with Crippen molar-refractivity contribution in [3.8, 4) is 17.2 Å². The molecular weight excluding hydrogens is 312 g/mol. The first-order valence-corrected chi connectivity index (χ1v) is 7.97. The summed E-state index contributed by atoms with van der Waals surface area (Å²) in [6.45, 7) is 0. The van der Waals surface area contributed by atoms with Crippen molar-refractivity contribution < 1.29 is 28.5 Å². The number of carbonyl (C=O) groups excluding carboxylic acids is 2. The van der Waals surface area contributed by atoms with Crippen LogP contribution in [-0.4, -0.2) is 40.2 Å². The molecule has 1 aromatic rings. The van der Waals surface area contributed by atoms with E-state index < -0.39 is 11.9 Å². The van der Waals surface area contributed by atoms with Gasteiger partial charge in [0.25, 0.3) is 0 Å². The minimum atomic E-state index is -0.839. The second kappa shape index (κ2) is 8.04. The minimum Gasteiger partial charge on any atom is -0.496 e. The maximum absolute atomic E-state index is 12.5. The van der Waals surface area contributed by atoms with E-state index in [4.69, 9.17) is 18.9 Å². The minimum absolute atomic E-state index is 0.0933. The Bertz CT molecular complexity index is 585. The van der Waals surface area contributed by atoms with Crippen molar-refractivity contribution >= 4 is 11.8 Å². The van der Waals surface area contributed by atoms with Gasteiger partial charge in [0.05, 0.1) is 28.4 Å². The number of rotatable bonds is 5. The molecule has 6 heteroatoms. The van der Waals surface area contributed by atoms with Crippen LogP contribution in [0.4, 0.5) is 0 Å². The second-order valence-electron chi connectivity index (χ2n) is 5.77. The molecule has 0 heterocycles. The first-order valence-electron chi connectivity index (χ1n) is 7.97. The molecule has 0 unspecified atom stereocenters. The maximum Gasteiger partial charge on any atom is 0.316 e. The summed E-state index contributed by atoms with van der Waals surface area (Å²) >= 11 is 0. The molecule has 0 bridgehead atoms. The Morgan fingerprint density at radius 2 is 1.62 bits per heavy atom. The van der Waals surface area contributed by atoms with E-state index in [0.717, 1.165) is 12.8 Å². The van der Waals surface area contributed by atoms with Gasteiger partial charge in [-0.25, -0.2) is 0 Å². The predicted octanol–water partition coefficient (Wildman–Crippen LogP) is 2.73. The van der Waals surface area contributed by atoms with Crippen LogP contribution in [0.15, 0.2) is 12.1 Å². The SMILES string of the molecule is COC(=O)[C@H]1C(=O)CCCC[C@@H]1c1c(OC)cc(OC)cc1OC. The van der Waals surface area contributed by atoms with Gasteiger partial charge in [0.15, 0.2) is 0 Å². The monoisotopic (exact) mass is 336 g/mol. The number of ether oxygens (including phenoxy) is 4. The van der Waals surface area contributed by atoms with Crippen LogP contribution in [0.1, 0.15) is 37.2 Å². The molecule has 1 aliphatic rings. The molecule has 2 rings (SSSR count). The summed E-state index contributed by atoms with van der Waals surface area (Å²) in [6.07, 6.45) is 2.69. The largest absolute Gasteiger partial charge is 0.496 e. The van der Waals surface area contributed by atoms with Crippen LogP contribution in [0, 0.1) is 5.92 Å². The molecular formula is C18H24O6. The summed E-state index contributed by atoms with van der Waals surface area (Å²) in [5.41, 5.74) is 0.714. The van der Waals surface area contributed by atoms with E-state index in [1.807, 2.05) is 0 Å². The van der Waals surface area contributed by atoms with Gasteiger partial charge in [0, 0.05) is 30.0 Å². The normalized spacial score (nSPS) is 20.9. The summed E-state index contributed by atoms with van der Waals surface area (Å²) in [7, 11) is 5.95. The molecule has 0 saturated heterocycles. The van der Waals surface area contributed by atoms with Crippen LogP contribution in [0.3, 0.4) is 0 Å². The van der Waals surface area contributed by atoms with E-state index >= 15 is 0 Å². The lowest BCUT2D eigenvalue weighted by molar-refractivity contribution is -0.150. The third-order valence-electron chi connectivity index (χ3n) is 4.52. The highest BCUT2D eigenvalue weighted by Gasteiger charge is 2.40. The van der Waals surface area contributed by atoms with Crippen LogP contribution in [0.2, 0.25) is 0 Å². The summed E-state index contributed by atoms with van der Waals surface area (Å²) in [4.78, 5) is 24.8. The van der Waals surface area contributed by atoms with Crippen molar-refractivity contribution in [2.24, 2.45) is 5.92 Å². The van der Waals surface area contributed by atoms with Crippen molar-refractivity contribution in [3.63, 3.8) is 0 Å². The van der Waals surface area contributed by atoms with E-state index in [2.05, 4.69) is 0 Å². The quantitative estimate of drug-likeness (QED) is 0.468. The van der Waals surface area contributed by atoms with Gasteiger partial charge in [-0.15, -0.1) is 0 Å². The standard InChI is InChI=1S/C18H24O6/c1-21-11-9-14(22-2)17(15(10-11)23-3)12-7-5-6-8-13(19)16(12)18(20)24-4/h9-10,12,16H,5-8H2,1-4H3/t12-,16+/m0/s1. The zero-order chi connectivity index (χ0) is 17.7. The van der Waals surface area contributed by atoms with Crippen LogP contribution < -0.4 is 14.2 Å². The molecule has 1 aromatic carbocycles. The fourth-order valence-corrected chi connectivity index (χ4v) is 3.34. The molecule has 0 aliphatic heterocycles. The van der Waals surface area contributed by atoms with Gasteiger partial charge in [0.2, 0.25) is 0 Å². The zero-order valence-corrected chi connectivity index (χ0v) is 14.6. The molecule has 1 saturated carbocycles. The van der Waals surface area contributed by atoms with Crippen LogP contribution in [-0.2, 0) is 14.3 Å². The lowest BCUT2D eigenvalue weighted by Crippen LogP contribution is -2.30. The predicted molar refractivity (Wildman–Crippen MR) is 87.8 cm³/mol. The van der Waals surface area contributed by atoms with Crippen molar-refractivity contribution in [1.29, 1.82) is 0 Å². The molecule has 2 atom stereocenters. The van der Waals surface area contributed by atoms with Crippen molar-refractivity contribution in [2.75, 3.05) is 28.4 Å². The van der Waals surface area contributed by atoms with Gasteiger partial charge in [-0.3, -0.25) is 9.59 Å². The average molecular weight is 336 g/mol. The Hall–Kier alpha value is -2.24. The van der Waals surface area contributed by atoms with Crippen molar-refractivity contribution in [2.45, 2.75) is 31.6 Å². The summed E-state index contributed by atoms with van der Waals surface area (Å²) in [6, 6.07) is 3.48. The Morgan fingerprint density at radius 3 is 2.12 bits per heavy atom. The van der Waals surface area contributed by atoms with E-state index in [-0.39, 0.29) is 11.7 Å². The molecule has 132 valence electrons. The summed E-state index contributed by atoms with van der Waals surface area (Å²) in [5.74, 6) is -0.116. The topological polar surface area (TPSA) is 71.1 Å². The van der Waals surface area contributed by atoms with E-state index in [1.54, 1.807) is 33.5 Å². The van der Waals surface area contributed by atoms with Crippen LogP contribution in [0.5, 0.6) is 17.2 Å². The van der Waals surface area contributed by atoms with Gasteiger partial charge in [-0.1, -0.05) is 6.42 Å². The number of hydrogen-bond donors (Lipinski definition) is 0. The summed E-state index contributed by atoms with van der Waals surface area (Å²) in [5, 5.41) is 0. The van der Waals surface area contributed by atoms with Crippen molar-refractivity contribution in [1.82, 2.24) is 0 Å².